The molecule has 0 spiro atoms. The SMILES string of the molecule is Cc1sc2c(-c3ccncc3)noc2c1N. The Kier molecular flexibility index (Phi) is 1.94. The second-order valence-electron chi connectivity index (χ2n) is 3.50. The fraction of sp³-hybridized carbons (Fsp3) is 0.0909. The number of nitrogen functional groups attached to an aromatic ring is 1. The summed E-state index contributed by atoms with van der Waals surface area (Å²) in [7, 11) is 0. The summed E-state index contributed by atoms with van der Waals surface area (Å²) in [5.74, 6) is 0. The van der Waals surface area contributed by atoms with Crippen LogP contribution in [0.15, 0.2) is 29.0 Å². The summed E-state index contributed by atoms with van der Waals surface area (Å²) in [5, 5.41) is 4.06. The largest absolute Gasteiger partial charge is 0.395 e. The van der Waals surface area contributed by atoms with Gasteiger partial charge in [-0.25, -0.2) is 0 Å². The van der Waals surface area contributed by atoms with Gasteiger partial charge >= 0.3 is 0 Å². The number of hydrogen-bond donors (Lipinski definition) is 1. The molecular weight excluding hydrogens is 222 g/mol. The summed E-state index contributed by atoms with van der Waals surface area (Å²) in [6.45, 7) is 1.98. The lowest BCUT2D eigenvalue weighted by Gasteiger charge is -1.92. The Morgan fingerprint density at radius 1 is 1.31 bits per heavy atom. The number of aryl methyl sites for hydroxylation is 1. The molecule has 3 rings (SSSR count). The molecule has 0 saturated carbocycles. The summed E-state index contributed by atoms with van der Waals surface area (Å²) in [5.41, 5.74) is 9.10. The summed E-state index contributed by atoms with van der Waals surface area (Å²) < 4.78 is 6.27. The predicted octanol–water partition coefficient (Wildman–Crippen LogP) is 2.84. The van der Waals surface area contributed by atoms with Gasteiger partial charge in [0.2, 0.25) is 5.58 Å². The fourth-order valence-corrected chi connectivity index (χ4v) is 2.61. The van der Waals surface area contributed by atoms with E-state index in [1.165, 1.54) is 0 Å². The zero-order valence-corrected chi connectivity index (χ0v) is 9.41. The van der Waals surface area contributed by atoms with Crippen LogP contribution in [0.1, 0.15) is 4.88 Å². The van der Waals surface area contributed by atoms with E-state index < -0.39 is 0 Å². The van der Waals surface area contributed by atoms with E-state index in [4.69, 9.17) is 10.3 Å². The molecule has 0 amide bonds. The first-order valence-electron chi connectivity index (χ1n) is 4.82. The van der Waals surface area contributed by atoms with Crippen LogP contribution < -0.4 is 5.73 Å². The molecule has 2 N–H and O–H groups in total. The van der Waals surface area contributed by atoms with Gasteiger partial charge in [0, 0.05) is 22.8 Å². The highest BCUT2D eigenvalue weighted by Crippen LogP contribution is 2.38. The molecule has 0 radical (unpaired) electrons. The van der Waals surface area contributed by atoms with Crippen LogP contribution in [0.25, 0.3) is 21.5 Å². The lowest BCUT2D eigenvalue weighted by Crippen LogP contribution is -1.81. The Balaban J connectivity index is 2.29. The highest BCUT2D eigenvalue weighted by atomic mass is 32.1. The van der Waals surface area contributed by atoms with Crippen LogP contribution in [0.2, 0.25) is 0 Å². The van der Waals surface area contributed by atoms with Crippen molar-refractivity contribution < 1.29 is 4.52 Å². The van der Waals surface area contributed by atoms with E-state index in [0.717, 1.165) is 20.8 Å². The van der Waals surface area contributed by atoms with Gasteiger partial charge in [-0.05, 0) is 19.1 Å². The summed E-state index contributed by atoms with van der Waals surface area (Å²) in [6, 6.07) is 3.81. The predicted molar refractivity (Wildman–Crippen MR) is 64.3 cm³/mol. The average molecular weight is 231 g/mol. The quantitative estimate of drug-likeness (QED) is 0.699. The Hall–Kier alpha value is -1.88. The van der Waals surface area contributed by atoms with E-state index in [9.17, 15) is 0 Å². The van der Waals surface area contributed by atoms with E-state index >= 15 is 0 Å². The van der Waals surface area contributed by atoms with E-state index in [-0.39, 0.29) is 0 Å². The lowest BCUT2D eigenvalue weighted by molar-refractivity contribution is 0.460. The van der Waals surface area contributed by atoms with Gasteiger partial charge in [0.05, 0.1) is 5.69 Å². The van der Waals surface area contributed by atoms with Crippen LogP contribution in [0.5, 0.6) is 0 Å². The number of nitrogens with zero attached hydrogens (tertiary/aromatic N) is 2. The van der Waals surface area contributed by atoms with Crippen LogP contribution >= 0.6 is 11.3 Å². The lowest BCUT2D eigenvalue weighted by atomic mass is 10.2. The van der Waals surface area contributed by atoms with Crippen molar-refractivity contribution in [3.63, 3.8) is 0 Å². The van der Waals surface area contributed by atoms with Crippen LogP contribution in [0, 0.1) is 6.92 Å². The van der Waals surface area contributed by atoms with E-state index in [1.807, 2.05) is 19.1 Å². The number of anilines is 1. The molecule has 0 aliphatic rings. The maximum absolute atomic E-state index is 5.89. The van der Waals surface area contributed by atoms with Crippen molar-refractivity contribution in [2.45, 2.75) is 6.92 Å². The van der Waals surface area contributed by atoms with Crippen LogP contribution in [-0.2, 0) is 0 Å². The number of aromatic nitrogens is 2. The van der Waals surface area contributed by atoms with Crippen molar-refractivity contribution >= 4 is 27.3 Å². The fourth-order valence-electron chi connectivity index (χ4n) is 1.61. The molecule has 4 nitrogen and oxygen atoms in total. The summed E-state index contributed by atoms with van der Waals surface area (Å²) in [4.78, 5) is 5.04. The third kappa shape index (κ3) is 1.22. The second-order valence-corrected chi connectivity index (χ2v) is 4.72. The molecule has 0 atom stereocenters. The number of fused-ring (bicyclic) bond motifs is 1. The molecule has 0 saturated heterocycles. The van der Waals surface area contributed by atoms with Gasteiger partial charge in [0.25, 0.3) is 0 Å². The summed E-state index contributed by atoms with van der Waals surface area (Å²) in [6.07, 6.45) is 3.47. The molecule has 16 heavy (non-hydrogen) atoms. The molecule has 0 bridgehead atoms. The van der Waals surface area contributed by atoms with Crippen molar-refractivity contribution in [3.8, 4) is 11.3 Å². The minimum absolute atomic E-state index is 0.688. The zero-order valence-electron chi connectivity index (χ0n) is 8.60. The maximum atomic E-state index is 5.89. The van der Waals surface area contributed by atoms with Gasteiger partial charge in [0.15, 0.2) is 0 Å². The minimum Gasteiger partial charge on any atom is -0.395 e. The molecule has 3 aromatic heterocycles. The normalized spacial score (nSPS) is 11.1. The summed E-state index contributed by atoms with van der Waals surface area (Å²) >= 11 is 1.61. The average Bonchev–Trinajstić information content (AvgIpc) is 2.83. The molecule has 3 aromatic rings. The van der Waals surface area contributed by atoms with Crippen molar-refractivity contribution in [2.75, 3.05) is 5.73 Å². The monoisotopic (exact) mass is 231 g/mol. The smallest absolute Gasteiger partial charge is 0.201 e. The van der Waals surface area contributed by atoms with Gasteiger partial charge in [0.1, 0.15) is 10.4 Å². The van der Waals surface area contributed by atoms with Crippen LogP contribution in [0.3, 0.4) is 0 Å². The number of hydrogen-bond acceptors (Lipinski definition) is 5. The van der Waals surface area contributed by atoms with Gasteiger partial charge < -0.3 is 10.3 Å². The third-order valence-corrected chi connectivity index (χ3v) is 3.59. The van der Waals surface area contributed by atoms with Crippen molar-refractivity contribution in [2.24, 2.45) is 0 Å². The second kappa shape index (κ2) is 3.31. The third-order valence-electron chi connectivity index (χ3n) is 2.48. The van der Waals surface area contributed by atoms with Crippen molar-refractivity contribution in [1.29, 1.82) is 0 Å². The minimum atomic E-state index is 0.688. The van der Waals surface area contributed by atoms with E-state index in [1.54, 1.807) is 23.7 Å². The molecule has 80 valence electrons. The van der Waals surface area contributed by atoms with E-state index in [0.29, 0.717) is 11.3 Å². The van der Waals surface area contributed by atoms with Gasteiger partial charge in [-0.15, -0.1) is 11.3 Å². The number of nitrogens with two attached hydrogens (primary N) is 1. The molecule has 0 unspecified atom stereocenters. The highest BCUT2D eigenvalue weighted by molar-refractivity contribution is 7.20. The van der Waals surface area contributed by atoms with Crippen LogP contribution in [-0.4, -0.2) is 10.1 Å². The first-order valence-corrected chi connectivity index (χ1v) is 5.63. The Labute approximate surface area is 95.7 Å². The first kappa shape index (κ1) is 9.35. The number of rotatable bonds is 1. The first-order chi connectivity index (χ1) is 7.77. The Morgan fingerprint density at radius 3 is 2.81 bits per heavy atom. The molecule has 0 aliphatic carbocycles. The Bertz CT molecular complexity index is 642. The Morgan fingerprint density at radius 2 is 2.06 bits per heavy atom. The van der Waals surface area contributed by atoms with Crippen molar-refractivity contribution in [3.05, 3.63) is 29.4 Å². The zero-order chi connectivity index (χ0) is 11.1. The molecule has 0 aliphatic heterocycles. The topological polar surface area (TPSA) is 64.9 Å². The highest BCUT2D eigenvalue weighted by Gasteiger charge is 2.16. The molecule has 0 aromatic carbocycles. The number of pyridine rings is 1. The van der Waals surface area contributed by atoms with Crippen LogP contribution in [0.4, 0.5) is 5.69 Å². The molecule has 5 heteroatoms. The number of thiophene rings is 1. The standard InChI is InChI=1S/C11H9N3OS/c1-6-8(12)10-11(16-6)9(14-15-10)7-2-4-13-5-3-7/h2-5H,12H2,1H3. The van der Waals surface area contributed by atoms with Gasteiger partial charge in [-0.1, -0.05) is 5.16 Å². The molecular formula is C11H9N3OS. The van der Waals surface area contributed by atoms with Gasteiger partial charge in [-0.2, -0.15) is 0 Å². The van der Waals surface area contributed by atoms with Gasteiger partial charge in [-0.3, -0.25) is 4.98 Å². The maximum Gasteiger partial charge on any atom is 0.201 e. The van der Waals surface area contributed by atoms with Crippen molar-refractivity contribution in [1.82, 2.24) is 10.1 Å². The molecule has 3 heterocycles. The van der Waals surface area contributed by atoms with E-state index in [2.05, 4.69) is 10.1 Å². The molecule has 0 fully saturated rings.